The van der Waals surface area contributed by atoms with Crippen molar-refractivity contribution in [2.45, 2.75) is 25.8 Å². The van der Waals surface area contributed by atoms with Crippen LogP contribution in [0.1, 0.15) is 30.3 Å². The molecule has 0 bridgehead atoms. The number of nitrogens with one attached hydrogen (secondary N) is 1. The maximum absolute atomic E-state index is 12.3. The van der Waals surface area contributed by atoms with Crippen LogP contribution in [0.3, 0.4) is 0 Å². The molecule has 0 radical (unpaired) electrons. The molecule has 21 heavy (non-hydrogen) atoms. The van der Waals surface area contributed by atoms with Crippen LogP contribution < -0.4 is 5.32 Å². The van der Waals surface area contributed by atoms with Gasteiger partial charge in [0.1, 0.15) is 6.04 Å². The van der Waals surface area contributed by atoms with Gasteiger partial charge in [-0.05, 0) is 31.9 Å². The fourth-order valence-electron chi connectivity index (χ4n) is 2.39. The van der Waals surface area contributed by atoms with Crippen LogP contribution >= 0.6 is 0 Å². The van der Waals surface area contributed by atoms with Crippen molar-refractivity contribution in [3.8, 4) is 0 Å². The summed E-state index contributed by atoms with van der Waals surface area (Å²) in [6.45, 7) is 2.28. The molecular formula is C14H18N2O5. The molecule has 114 valence electrons. The lowest BCUT2D eigenvalue weighted by Gasteiger charge is -2.32. The first-order chi connectivity index (χ1) is 9.99. The zero-order valence-corrected chi connectivity index (χ0v) is 11.7. The second-order valence-corrected chi connectivity index (χ2v) is 5.13. The molecule has 2 rings (SSSR count). The molecule has 1 fully saturated rings. The number of amides is 2. The maximum atomic E-state index is 12.3. The molecule has 1 aliphatic heterocycles. The summed E-state index contributed by atoms with van der Waals surface area (Å²) in [6.07, 6.45) is 2.61. The Morgan fingerprint density at radius 1 is 1.48 bits per heavy atom. The van der Waals surface area contributed by atoms with Crippen LogP contribution in [0, 0.1) is 5.92 Å². The predicted molar refractivity (Wildman–Crippen MR) is 72.6 cm³/mol. The summed E-state index contributed by atoms with van der Waals surface area (Å²) in [7, 11) is 0. The number of likely N-dealkylation sites (tertiary alicyclic amines) is 1. The summed E-state index contributed by atoms with van der Waals surface area (Å²) in [5.41, 5.74) is 0. The smallest absolute Gasteiger partial charge is 0.308 e. The van der Waals surface area contributed by atoms with Gasteiger partial charge in [-0.2, -0.15) is 0 Å². The third-order valence-corrected chi connectivity index (χ3v) is 3.55. The van der Waals surface area contributed by atoms with E-state index in [1.54, 1.807) is 13.0 Å². The van der Waals surface area contributed by atoms with Crippen LogP contribution in [0.25, 0.3) is 0 Å². The SMILES string of the molecule is CC(NC(=O)c1ccco1)C(=O)N1CCC[C@@H](C(=O)O)C1. The van der Waals surface area contributed by atoms with Gasteiger partial charge in [0.15, 0.2) is 5.76 Å². The lowest BCUT2D eigenvalue weighted by Crippen LogP contribution is -2.50. The Balaban J connectivity index is 1.92. The van der Waals surface area contributed by atoms with E-state index in [9.17, 15) is 14.4 Å². The molecule has 2 N–H and O–H groups in total. The minimum Gasteiger partial charge on any atom is -0.481 e. The molecule has 1 aliphatic rings. The molecule has 2 heterocycles. The number of carboxylic acid groups (broad SMARTS) is 1. The number of furan rings is 1. The minimum absolute atomic E-state index is 0.136. The fraction of sp³-hybridized carbons (Fsp3) is 0.500. The van der Waals surface area contributed by atoms with Gasteiger partial charge < -0.3 is 19.7 Å². The number of carbonyl (C=O) groups is 3. The van der Waals surface area contributed by atoms with Crippen LogP contribution in [0.2, 0.25) is 0 Å². The molecule has 2 atom stereocenters. The maximum Gasteiger partial charge on any atom is 0.308 e. The first kappa shape index (κ1) is 15.1. The Labute approximate surface area is 121 Å². The highest BCUT2D eigenvalue weighted by atomic mass is 16.4. The third kappa shape index (κ3) is 3.62. The lowest BCUT2D eigenvalue weighted by atomic mass is 9.98. The second kappa shape index (κ2) is 6.43. The molecule has 0 aliphatic carbocycles. The molecule has 7 heteroatoms. The number of rotatable bonds is 4. The van der Waals surface area contributed by atoms with E-state index in [1.165, 1.54) is 17.2 Å². The van der Waals surface area contributed by atoms with Crippen molar-refractivity contribution in [3.05, 3.63) is 24.2 Å². The molecule has 1 unspecified atom stereocenters. The number of hydrogen-bond acceptors (Lipinski definition) is 4. The minimum atomic E-state index is -0.889. The second-order valence-electron chi connectivity index (χ2n) is 5.13. The third-order valence-electron chi connectivity index (χ3n) is 3.55. The van der Waals surface area contributed by atoms with E-state index in [0.29, 0.717) is 19.4 Å². The Morgan fingerprint density at radius 3 is 2.86 bits per heavy atom. The number of carboxylic acids is 1. The highest BCUT2D eigenvalue weighted by Crippen LogP contribution is 2.17. The van der Waals surface area contributed by atoms with Gasteiger partial charge in [-0.1, -0.05) is 0 Å². The fourth-order valence-corrected chi connectivity index (χ4v) is 2.39. The molecule has 1 aromatic rings. The molecule has 0 spiro atoms. The monoisotopic (exact) mass is 294 g/mol. The van der Waals surface area contributed by atoms with Crippen LogP contribution in [-0.4, -0.2) is 46.9 Å². The first-order valence-electron chi connectivity index (χ1n) is 6.85. The highest BCUT2D eigenvalue weighted by molar-refractivity contribution is 5.95. The molecule has 1 aromatic heterocycles. The van der Waals surface area contributed by atoms with Gasteiger partial charge in [-0.25, -0.2) is 0 Å². The van der Waals surface area contributed by atoms with Crippen LogP contribution in [0.5, 0.6) is 0 Å². The number of nitrogens with zero attached hydrogens (tertiary/aromatic N) is 1. The summed E-state index contributed by atoms with van der Waals surface area (Å²) >= 11 is 0. The first-order valence-corrected chi connectivity index (χ1v) is 6.85. The molecular weight excluding hydrogens is 276 g/mol. The van der Waals surface area contributed by atoms with Crippen LogP contribution in [0.4, 0.5) is 0 Å². The Morgan fingerprint density at radius 2 is 2.24 bits per heavy atom. The number of aliphatic carboxylic acids is 1. The van der Waals surface area contributed by atoms with Gasteiger partial charge in [0.25, 0.3) is 5.91 Å². The summed E-state index contributed by atoms with van der Waals surface area (Å²) in [5.74, 6) is -2.03. The largest absolute Gasteiger partial charge is 0.481 e. The zero-order chi connectivity index (χ0) is 15.4. The molecule has 0 saturated carbocycles. The van der Waals surface area contributed by atoms with E-state index >= 15 is 0 Å². The Hall–Kier alpha value is -2.31. The van der Waals surface area contributed by atoms with Crippen molar-refractivity contribution in [1.82, 2.24) is 10.2 Å². The van der Waals surface area contributed by atoms with Crippen LogP contribution in [0.15, 0.2) is 22.8 Å². The van der Waals surface area contributed by atoms with Crippen molar-refractivity contribution in [3.63, 3.8) is 0 Å². The molecule has 2 amide bonds. The van der Waals surface area contributed by atoms with Crippen LogP contribution in [-0.2, 0) is 9.59 Å². The van der Waals surface area contributed by atoms with Crippen molar-refractivity contribution in [1.29, 1.82) is 0 Å². The van der Waals surface area contributed by atoms with E-state index in [1.807, 2.05) is 0 Å². The van der Waals surface area contributed by atoms with E-state index in [4.69, 9.17) is 9.52 Å². The Bertz CT molecular complexity index is 525. The molecule has 7 nitrogen and oxygen atoms in total. The summed E-state index contributed by atoms with van der Waals surface area (Å²) in [5, 5.41) is 11.6. The summed E-state index contributed by atoms with van der Waals surface area (Å²) < 4.78 is 4.96. The van der Waals surface area contributed by atoms with Crippen molar-refractivity contribution in [2.75, 3.05) is 13.1 Å². The normalized spacial score (nSPS) is 19.9. The van der Waals surface area contributed by atoms with E-state index in [-0.39, 0.29) is 18.2 Å². The van der Waals surface area contributed by atoms with Crippen molar-refractivity contribution < 1.29 is 23.9 Å². The molecule has 1 saturated heterocycles. The molecule has 0 aromatic carbocycles. The number of hydrogen-bond donors (Lipinski definition) is 2. The average Bonchev–Trinajstić information content (AvgIpc) is 3.00. The van der Waals surface area contributed by atoms with E-state index in [2.05, 4.69) is 5.32 Å². The zero-order valence-electron chi connectivity index (χ0n) is 11.7. The average molecular weight is 294 g/mol. The van der Waals surface area contributed by atoms with Gasteiger partial charge >= 0.3 is 5.97 Å². The van der Waals surface area contributed by atoms with Gasteiger partial charge in [-0.15, -0.1) is 0 Å². The predicted octanol–water partition coefficient (Wildman–Crippen LogP) is 0.721. The summed E-state index contributed by atoms with van der Waals surface area (Å²) in [4.78, 5) is 36.6. The summed E-state index contributed by atoms with van der Waals surface area (Å²) in [6, 6.07) is 2.37. The van der Waals surface area contributed by atoms with E-state index in [0.717, 1.165) is 0 Å². The van der Waals surface area contributed by atoms with Crippen molar-refractivity contribution in [2.24, 2.45) is 5.92 Å². The van der Waals surface area contributed by atoms with Gasteiger partial charge in [-0.3, -0.25) is 14.4 Å². The number of piperidine rings is 1. The van der Waals surface area contributed by atoms with E-state index < -0.39 is 23.8 Å². The van der Waals surface area contributed by atoms with Crippen molar-refractivity contribution >= 4 is 17.8 Å². The Kier molecular flexibility index (Phi) is 4.62. The highest BCUT2D eigenvalue weighted by Gasteiger charge is 2.30. The standard InChI is InChI=1S/C14H18N2O5/c1-9(15-12(17)11-5-3-7-21-11)13(18)16-6-2-4-10(8-16)14(19)20/h3,5,7,9-10H,2,4,6,8H2,1H3,(H,15,17)(H,19,20)/t9?,10-/m1/s1. The van der Waals surface area contributed by atoms with Gasteiger partial charge in [0.05, 0.1) is 12.2 Å². The number of carbonyl (C=O) groups excluding carboxylic acids is 2. The lowest BCUT2D eigenvalue weighted by molar-refractivity contribution is -0.146. The van der Waals surface area contributed by atoms with Gasteiger partial charge in [0.2, 0.25) is 5.91 Å². The van der Waals surface area contributed by atoms with Gasteiger partial charge in [0, 0.05) is 13.1 Å². The quantitative estimate of drug-likeness (QED) is 0.852. The topological polar surface area (TPSA) is 99.9 Å².